The van der Waals surface area contributed by atoms with E-state index in [1.807, 2.05) is 35.2 Å². The number of fused-ring (bicyclic) bond motifs is 3. The summed E-state index contributed by atoms with van der Waals surface area (Å²) in [4.78, 5) is 14.9. The molecule has 2 atom stereocenters. The van der Waals surface area contributed by atoms with Crippen LogP contribution in [-0.2, 0) is 32.5 Å². The summed E-state index contributed by atoms with van der Waals surface area (Å²) in [7, 11) is 0. The highest BCUT2D eigenvalue weighted by atomic mass is 16.6. The van der Waals surface area contributed by atoms with Crippen LogP contribution in [0, 0.1) is 6.92 Å². The van der Waals surface area contributed by atoms with Crippen molar-refractivity contribution in [3.05, 3.63) is 70.3 Å². The van der Waals surface area contributed by atoms with Gasteiger partial charge in [-0.25, -0.2) is 4.79 Å². The Balaban J connectivity index is 1.42. The van der Waals surface area contributed by atoms with Gasteiger partial charge in [0.25, 0.3) is 0 Å². The molecule has 0 radical (unpaired) electrons. The van der Waals surface area contributed by atoms with Gasteiger partial charge in [0, 0.05) is 12.8 Å². The number of nitrogens with zero attached hydrogens (tertiary/aromatic N) is 1. The van der Waals surface area contributed by atoms with Crippen LogP contribution in [0.4, 0.5) is 4.79 Å². The minimum atomic E-state index is -0.994. The quantitative estimate of drug-likeness (QED) is 0.613. The number of aryl methyl sites for hydroxylation is 1. The van der Waals surface area contributed by atoms with Crippen LogP contribution in [0.2, 0.25) is 0 Å². The number of amides is 1. The Hall–Kier alpha value is -2.37. The lowest BCUT2D eigenvalue weighted by molar-refractivity contribution is -0.137. The van der Waals surface area contributed by atoms with Crippen molar-refractivity contribution in [2.75, 3.05) is 13.2 Å². The number of hydrogen-bond donors (Lipinski definition) is 1. The second kappa shape index (κ2) is 8.63. The smallest absolute Gasteiger partial charge is 0.410 e. The third kappa shape index (κ3) is 4.38. The maximum atomic E-state index is 13.1. The number of carbonyl (C=O) groups excluding carboxylic acids is 1. The summed E-state index contributed by atoms with van der Waals surface area (Å²) < 4.78 is 11.5. The molecule has 0 saturated carbocycles. The van der Waals surface area contributed by atoms with E-state index in [2.05, 4.69) is 46.8 Å². The fourth-order valence-electron chi connectivity index (χ4n) is 6.51. The summed E-state index contributed by atoms with van der Waals surface area (Å²) >= 11 is 0. The lowest BCUT2D eigenvalue weighted by atomic mass is 9.61. The van der Waals surface area contributed by atoms with Crippen LogP contribution in [0.1, 0.15) is 81.2 Å². The first-order valence-corrected chi connectivity index (χ1v) is 13.0. The molecule has 2 heterocycles. The van der Waals surface area contributed by atoms with Crippen LogP contribution in [0.5, 0.6) is 0 Å². The number of hydrogen-bond acceptors (Lipinski definition) is 4. The van der Waals surface area contributed by atoms with Crippen molar-refractivity contribution in [3.63, 3.8) is 0 Å². The average molecular weight is 478 g/mol. The average Bonchev–Trinajstić information content (AvgIpc) is 2.80. The largest absolute Gasteiger partial charge is 0.445 e. The Kier molecular flexibility index (Phi) is 6.00. The Morgan fingerprint density at radius 2 is 1.54 bits per heavy atom. The highest BCUT2D eigenvalue weighted by molar-refractivity contribution is 5.69. The molecule has 2 unspecified atom stereocenters. The van der Waals surface area contributed by atoms with E-state index < -0.39 is 5.60 Å². The molecule has 1 aliphatic carbocycles. The summed E-state index contributed by atoms with van der Waals surface area (Å²) in [5.74, 6) is 0. The molecule has 2 aliphatic heterocycles. The fourth-order valence-corrected chi connectivity index (χ4v) is 6.51. The molecule has 2 aromatic rings. The number of carbonyl (C=O) groups is 1. The van der Waals surface area contributed by atoms with Crippen molar-refractivity contribution in [2.45, 2.75) is 95.4 Å². The van der Waals surface area contributed by atoms with E-state index in [1.165, 1.54) is 11.1 Å². The molecule has 2 bridgehead atoms. The molecule has 0 aromatic heterocycles. The van der Waals surface area contributed by atoms with E-state index in [1.54, 1.807) is 0 Å². The molecule has 5 rings (SSSR count). The highest BCUT2D eigenvalue weighted by Crippen LogP contribution is 2.49. The Morgan fingerprint density at radius 3 is 2.14 bits per heavy atom. The van der Waals surface area contributed by atoms with E-state index >= 15 is 0 Å². The van der Waals surface area contributed by atoms with Crippen molar-refractivity contribution < 1.29 is 19.4 Å². The number of aliphatic hydroxyl groups is 1. The molecular weight excluding hydrogens is 438 g/mol. The van der Waals surface area contributed by atoms with Crippen molar-refractivity contribution in [1.29, 1.82) is 0 Å². The van der Waals surface area contributed by atoms with Gasteiger partial charge < -0.3 is 14.6 Å². The monoisotopic (exact) mass is 477 g/mol. The van der Waals surface area contributed by atoms with E-state index in [9.17, 15) is 9.90 Å². The Labute approximate surface area is 209 Å². The van der Waals surface area contributed by atoms with E-state index in [0.29, 0.717) is 26.1 Å². The first-order chi connectivity index (χ1) is 16.5. The topological polar surface area (TPSA) is 59.0 Å². The molecule has 2 fully saturated rings. The van der Waals surface area contributed by atoms with Gasteiger partial charge in [-0.3, -0.25) is 4.90 Å². The molecule has 3 aliphatic rings. The normalized spacial score (nSPS) is 28.8. The molecule has 1 amide bonds. The zero-order chi connectivity index (χ0) is 25.0. The maximum absolute atomic E-state index is 13.1. The minimum Gasteiger partial charge on any atom is -0.445 e. The SMILES string of the molecule is Cc1cc2c(cc1C1(O)CC3COCC(C1)N3C(=O)OCc1ccccc1)C(C)(C)CCC2(C)C. The molecule has 2 saturated heterocycles. The van der Waals surface area contributed by atoms with Crippen molar-refractivity contribution in [2.24, 2.45) is 0 Å². The molecule has 35 heavy (non-hydrogen) atoms. The van der Waals surface area contributed by atoms with E-state index in [0.717, 1.165) is 29.5 Å². The lowest BCUT2D eigenvalue weighted by Crippen LogP contribution is -2.62. The summed E-state index contributed by atoms with van der Waals surface area (Å²) in [6.07, 6.45) is 2.88. The van der Waals surface area contributed by atoms with Crippen molar-refractivity contribution >= 4 is 6.09 Å². The van der Waals surface area contributed by atoms with Crippen LogP contribution in [0.25, 0.3) is 0 Å². The fraction of sp³-hybridized carbons (Fsp3) is 0.567. The summed E-state index contributed by atoms with van der Waals surface area (Å²) in [5, 5.41) is 12.1. The molecular formula is C30H39NO4. The van der Waals surface area contributed by atoms with Crippen molar-refractivity contribution in [3.8, 4) is 0 Å². The number of benzene rings is 2. The molecule has 1 N–H and O–H groups in total. The number of ether oxygens (including phenoxy) is 2. The summed E-state index contributed by atoms with van der Waals surface area (Å²) in [5.41, 5.74) is 5.08. The van der Waals surface area contributed by atoms with Gasteiger partial charge in [0.15, 0.2) is 0 Å². The van der Waals surface area contributed by atoms with E-state index in [4.69, 9.17) is 9.47 Å². The van der Waals surface area contributed by atoms with Gasteiger partial charge in [0.2, 0.25) is 0 Å². The zero-order valence-electron chi connectivity index (χ0n) is 21.8. The zero-order valence-corrected chi connectivity index (χ0v) is 21.8. The molecule has 5 nitrogen and oxygen atoms in total. The minimum absolute atomic E-state index is 0.0740. The van der Waals surface area contributed by atoms with Crippen LogP contribution >= 0.6 is 0 Å². The summed E-state index contributed by atoms with van der Waals surface area (Å²) in [6.45, 7) is 12.5. The summed E-state index contributed by atoms with van der Waals surface area (Å²) in [6, 6.07) is 13.9. The predicted molar refractivity (Wildman–Crippen MR) is 136 cm³/mol. The standard InChI is InChI=1S/C30H39NO4/c1-20-13-25-26(29(4,5)12-11-28(25,2)3)14-24(20)30(33)15-22-18-34-19-23(16-30)31(22)27(32)35-17-21-9-7-6-8-10-21/h6-10,13-14,22-23,33H,11-12,15-19H2,1-5H3. The molecule has 5 heteroatoms. The molecule has 0 spiro atoms. The third-order valence-electron chi connectivity index (χ3n) is 8.67. The Bertz CT molecular complexity index is 1090. The van der Waals surface area contributed by atoms with Gasteiger partial charge in [-0.05, 0) is 58.4 Å². The Morgan fingerprint density at radius 1 is 0.971 bits per heavy atom. The second-order valence-electron chi connectivity index (χ2n) is 12.2. The first kappa shape index (κ1) is 24.3. The van der Waals surface area contributed by atoms with Crippen LogP contribution in [0.3, 0.4) is 0 Å². The molecule has 188 valence electrons. The first-order valence-electron chi connectivity index (χ1n) is 13.0. The van der Waals surface area contributed by atoms with Crippen LogP contribution < -0.4 is 0 Å². The van der Waals surface area contributed by atoms with E-state index in [-0.39, 0.29) is 35.6 Å². The van der Waals surface area contributed by atoms with Crippen LogP contribution in [-0.4, -0.2) is 41.4 Å². The van der Waals surface area contributed by atoms with Gasteiger partial charge in [-0.2, -0.15) is 0 Å². The third-order valence-corrected chi connectivity index (χ3v) is 8.67. The number of morpholine rings is 1. The van der Waals surface area contributed by atoms with Gasteiger partial charge in [-0.1, -0.05) is 70.2 Å². The predicted octanol–water partition coefficient (Wildman–Crippen LogP) is 5.73. The number of rotatable bonds is 3. The lowest BCUT2D eigenvalue weighted by Gasteiger charge is -2.51. The van der Waals surface area contributed by atoms with Gasteiger partial charge in [0.1, 0.15) is 6.61 Å². The van der Waals surface area contributed by atoms with Gasteiger partial charge in [0.05, 0.1) is 30.9 Å². The highest BCUT2D eigenvalue weighted by Gasteiger charge is 2.50. The molecule has 2 aromatic carbocycles. The van der Waals surface area contributed by atoms with Crippen LogP contribution in [0.15, 0.2) is 42.5 Å². The number of piperidine rings is 1. The van der Waals surface area contributed by atoms with Gasteiger partial charge >= 0.3 is 6.09 Å². The van der Waals surface area contributed by atoms with Gasteiger partial charge in [-0.15, -0.1) is 0 Å². The van der Waals surface area contributed by atoms with Crippen molar-refractivity contribution in [1.82, 2.24) is 4.90 Å². The second-order valence-corrected chi connectivity index (χ2v) is 12.2. The maximum Gasteiger partial charge on any atom is 0.410 e.